The Morgan fingerprint density at radius 2 is 2.19 bits per heavy atom. The summed E-state index contributed by atoms with van der Waals surface area (Å²) in [6.07, 6.45) is 1.34. The third kappa shape index (κ3) is 2.44. The van der Waals surface area contributed by atoms with Crippen molar-refractivity contribution in [3.8, 4) is 5.75 Å². The molecule has 0 bridgehead atoms. The van der Waals surface area contributed by atoms with Gasteiger partial charge in [0.25, 0.3) is 0 Å². The topological polar surface area (TPSA) is 83.8 Å². The van der Waals surface area contributed by atoms with Crippen molar-refractivity contribution in [2.24, 2.45) is 0 Å². The van der Waals surface area contributed by atoms with E-state index in [1.54, 1.807) is 4.57 Å². The van der Waals surface area contributed by atoms with E-state index in [-0.39, 0.29) is 29.6 Å². The summed E-state index contributed by atoms with van der Waals surface area (Å²) in [6, 6.07) is 1.18. The van der Waals surface area contributed by atoms with E-state index in [1.165, 1.54) is 6.20 Å². The van der Waals surface area contributed by atoms with Crippen LogP contribution in [-0.4, -0.2) is 47.9 Å². The number of ether oxygens (including phenoxy) is 1. The molecular formula is C18H20FN3O4. The quantitative estimate of drug-likeness (QED) is 0.845. The number of carboxylic acids is 1. The van der Waals surface area contributed by atoms with Gasteiger partial charge in [-0.15, -0.1) is 0 Å². The van der Waals surface area contributed by atoms with Crippen LogP contribution in [0, 0.1) is 5.82 Å². The first-order chi connectivity index (χ1) is 12.4. The highest BCUT2D eigenvalue weighted by atomic mass is 19.1. The fraction of sp³-hybridized carbons (Fsp3) is 0.444. The molecule has 0 saturated carbocycles. The van der Waals surface area contributed by atoms with E-state index in [0.717, 1.165) is 12.6 Å². The van der Waals surface area contributed by atoms with Gasteiger partial charge in [-0.2, -0.15) is 0 Å². The zero-order valence-corrected chi connectivity index (χ0v) is 14.6. The molecule has 1 fully saturated rings. The Labute approximate surface area is 149 Å². The minimum Gasteiger partial charge on any atom is -0.487 e. The molecule has 138 valence electrons. The molecule has 0 spiro atoms. The maximum Gasteiger partial charge on any atom is 0.341 e. The lowest BCUT2D eigenvalue weighted by molar-refractivity contribution is 0.0694. The third-order valence-corrected chi connectivity index (χ3v) is 5.06. The van der Waals surface area contributed by atoms with Gasteiger partial charge < -0.3 is 24.6 Å². The number of hydrogen-bond donors (Lipinski definition) is 2. The minimum absolute atomic E-state index is 0.0379. The molecule has 3 heterocycles. The molecule has 26 heavy (non-hydrogen) atoms. The highest BCUT2D eigenvalue weighted by Gasteiger charge is 2.31. The molecule has 2 unspecified atom stereocenters. The normalized spacial score (nSPS) is 22.3. The summed E-state index contributed by atoms with van der Waals surface area (Å²) in [5.74, 6) is -1.56. The smallest absolute Gasteiger partial charge is 0.341 e. The SMILES string of the molecule is CC1CN(c2c(F)cc3c(=O)c(C(=O)O)cn4c3c2OCC4C)CCN1. The molecule has 1 aromatic heterocycles. The summed E-state index contributed by atoms with van der Waals surface area (Å²) in [5.41, 5.74) is -0.253. The van der Waals surface area contributed by atoms with Crippen LogP contribution < -0.4 is 20.4 Å². The molecule has 1 saturated heterocycles. The number of rotatable bonds is 2. The summed E-state index contributed by atoms with van der Waals surface area (Å²) >= 11 is 0. The first-order valence-corrected chi connectivity index (χ1v) is 8.64. The van der Waals surface area contributed by atoms with Crippen molar-refractivity contribution < 1.29 is 19.0 Å². The molecule has 7 nitrogen and oxygen atoms in total. The van der Waals surface area contributed by atoms with Gasteiger partial charge in [0.15, 0.2) is 11.6 Å². The lowest BCUT2D eigenvalue weighted by Crippen LogP contribution is -2.49. The Kier molecular flexibility index (Phi) is 3.87. The van der Waals surface area contributed by atoms with Gasteiger partial charge in [0.2, 0.25) is 5.43 Å². The number of pyridine rings is 1. The van der Waals surface area contributed by atoms with Gasteiger partial charge in [-0.1, -0.05) is 0 Å². The molecule has 2 aliphatic rings. The van der Waals surface area contributed by atoms with Crippen LogP contribution in [0.25, 0.3) is 10.9 Å². The minimum atomic E-state index is -1.32. The van der Waals surface area contributed by atoms with Gasteiger partial charge in [-0.25, -0.2) is 9.18 Å². The number of aromatic nitrogens is 1. The summed E-state index contributed by atoms with van der Waals surface area (Å²) in [4.78, 5) is 25.9. The highest BCUT2D eigenvalue weighted by Crippen LogP contribution is 2.42. The number of piperazine rings is 1. The second kappa shape index (κ2) is 5.98. The molecule has 0 radical (unpaired) electrons. The van der Waals surface area contributed by atoms with E-state index in [2.05, 4.69) is 5.32 Å². The van der Waals surface area contributed by atoms with Crippen molar-refractivity contribution in [2.75, 3.05) is 31.1 Å². The van der Waals surface area contributed by atoms with E-state index in [9.17, 15) is 14.7 Å². The largest absolute Gasteiger partial charge is 0.487 e. The molecule has 8 heteroatoms. The van der Waals surface area contributed by atoms with Crippen molar-refractivity contribution in [1.29, 1.82) is 0 Å². The standard InChI is InChI=1S/C18H20FN3O4/c1-9-6-21(4-3-20-9)15-13(19)5-11-14-17(15)26-8-10(2)22(14)7-12(16(11)23)18(24)25/h5,7,9-10,20H,3-4,6,8H2,1-2H3,(H,24,25). The Morgan fingerprint density at radius 1 is 1.42 bits per heavy atom. The Bertz CT molecular complexity index is 971. The third-order valence-electron chi connectivity index (χ3n) is 5.06. The van der Waals surface area contributed by atoms with Crippen molar-refractivity contribution >= 4 is 22.6 Å². The van der Waals surface area contributed by atoms with Gasteiger partial charge in [0.1, 0.15) is 17.9 Å². The first kappa shape index (κ1) is 16.8. The molecular weight excluding hydrogens is 341 g/mol. The van der Waals surface area contributed by atoms with Crippen LogP contribution in [0.1, 0.15) is 30.2 Å². The second-order valence-electron chi connectivity index (χ2n) is 6.98. The summed E-state index contributed by atoms with van der Waals surface area (Å²) in [5, 5.41) is 12.7. The number of nitrogens with one attached hydrogen (secondary N) is 1. The number of aromatic carboxylic acids is 1. The van der Waals surface area contributed by atoms with Crippen LogP contribution in [0.3, 0.4) is 0 Å². The first-order valence-electron chi connectivity index (χ1n) is 8.64. The predicted molar refractivity (Wildman–Crippen MR) is 95.0 cm³/mol. The monoisotopic (exact) mass is 361 g/mol. The maximum atomic E-state index is 15.0. The predicted octanol–water partition coefficient (Wildman–Crippen LogP) is 1.59. The van der Waals surface area contributed by atoms with Crippen LogP contribution >= 0.6 is 0 Å². The average molecular weight is 361 g/mol. The van der Waals surface area contributed by atoms with Gasteiger partial charge in [0.05, 0.1) is 16.9 Å². The molecule has 0 aliphatic carbocycles. The zero-order chi connectivity index (χ0) is 18.6. The summed E-state index contributed by atoms with van der Waals surface area (Å²) < 4.78 is 22.6. The van der Waals surface area contributed by atoms with E-state index in [4.69, 9.17) is 4.74 Å². The van der Waals surface area contributed by atoms with Crippen LogP contribution in [0.15, 0.2) is 17.1 Å². The van der Waals surface area contributed by atoms with Crippen molar-refractivity contribution in [2.45, 2.75) is 25.9 Å². The summed E-state index contributed by atoms with van der Waals surface area (Å²) in [7, 11) is 0. The lowest BCUT2D eigenvalue weighted by Gasteiger charge is -2.36. The average Bonchev–Trinajstić information content (AvgIpc) is 2.59. The Hall–Kier alpha value is -2.61. The van der Waals surface area contributed by atoms with Gasteiger partial charge >= 0.3 is 5.97 Å². The number of carboxylic acid groups (broad SMARTS) is 1. The fourth-order valence-electron chi connectivity index (χ4n) is 3.79. The number of benzene rings is 1. The maximum absolute atomic E-state index is 15.0. The number of nitrogens with zero attached hydrogens (tertiary/aromatic N) is 2. The number of hydrogen-bond acceptors (Lipinski definition) is 5. The van der Waals surface area contributed by atoms with Crippen molar-refractivity contribution in [1.82, 2.24) is 9.88 Å². The fourth-order valence-corrected chi connectivity index (χ4v) is 3.79. The number of anilines is 1. The van der Waals surface area contributed by atoms with Crippen molar-refractivity contribution in [3.05, 3.63) is 33.9 Å². The highest BCUT2D eigenvalue weighted by molar-refractivity contribution is 5.97. The van der Waals surface area contributed by atoms with Crippen LogP contribution in [0.5, 0.6) is 5.75 Å². The number of carbonyl (C=O) groups is 1. The molecule has 1 aromatic carbocycles. The molecule has 2 atom stereocenters. The van der Waals surface area contributed by atoms with Gasteiger partial charge in [-0.3, -0.25) is 4.79 Å². The summed E-state index contributed by atoms with van der Waals surface area (Å²) in [6.45, 7) is 6.13. The molecule has 2 aromatic rings. The zero-order valence-electron chi connectivity index (χ0n) is 14.6. The Morgan fingerprint density at radius 3 is 2.88 bits per heavy atom. The van der Waals surface area contributed by atoms with E-state index >= 15 is 4.39 Å². The number of halogens is 1. The lowest BCUT2D eigenvalue weighted by atomic mass is 10.0. The second-order valence-corrected chi connectivity index (χ2v) is 6.98. The van der Waals surface area contributed by atoms with E-state index < -0.39 is 17.2 Å². The molecule has 0 amide bonds. The van der Waals surface area contributed by atoms with Crippen LogP contribution in [0.2, 0.25) is 0 Å². The van der Waals surface area contributed by atoms with Gasteiger partial charge in [-0.05, 0) is 19.9 Å². The molecule has 4 rings (SSSR count). The van der Waals surface area contributed by atoms with E-state index in [0.29, 0.717) is 30.0 Å². The van der Waals surface area contributed by atoms with Crippen LogP contribution in [-0.2, 0) is 0 Å². The van der Waals surface area contributed by atoms with Crippen molar-refractivity contribution in [3.63, 3.8) is 0 Å². The van der Waals surface area contributed by atoms with Gasteiger partial charge in [0, 0.05) is 31.9 Å². The molecule has 2 aliphatic heterocycles. The molecule has 2 N–H and O–H groups in total. The van der Waals surface area contributed by atoms with Crippen LogP contribution in [0.4, 0.5) is 10.1 Å². The van der Waals surface area contributed by atoms with E-state index in [1.807, 2.05) is 18.7 Å². The Balaban J connectivity index is 2.03.